The van der Waals surface area contributed by atoms with E-state index in [4.69, 9.17) is 16.9 Å². The molecule has 0 saturated heterocycles. The molecule has 23 heavy (non-hydrogen) atoms. The van der Waals surface area contributed by atoms with Gasteiger partial charge in [0.05, 0.1) is 5.56 Å². The number of hydrogen-bond acceptors (Lipinski definition) is 4. The first-order valence-corrected chi connectivity index (χ1v) is 9.47. The Hall–Kier alpha value is -1.62. The summed E-state index contributed by atoms with van der Waals surface area (Å²) < 4.78 is 30.8. The van der Waals surface area contributed by atoms with Gasteiger partial charge in [0.2, 0.25) is 4.80 Å². The Labute approximate surface area is 144 Å². The first-order chi connectivity index (χ1) is 10.7. The maximum Gasteiger partial charge on any atom is 0.286 e. The molecule has 0 spiro atoms. The minimum Gasteiger partial charge on any atom is -0.323 e. The third kappa shape index (κ3) is 3.50. The highest BCUT2D eigenvalue weighted by Crippen LogP contribution is 2.24. The van der Waals surface area contributed by atoms with Crippen LogP contribution >= 0.6 is 22.9 Å². The summed E-state index contributed by atoms with van der Waals surface area (Å²) in [7, 11) is -2.25. The number of sulfonamides is 1. The Morgan fingerprint density at radius 1 is 1.39 bits per heavy atom. The molecule has 0 aliphatic rings. The maximum absolute atomic E-state index is 12.6. The van der Waals surface area contributed by atoms with Crippen molar-refractivity contribution in [3.8, 4) is 6.07 Å². The van der Waals surface area contributed by atoms with Crippen LogP contribution in [0.5, 0.6) is 0 Å². The summed E-state index contributed by atoms with van der Waals surface area (Å²) in [5.74, 6) is 0.277. The molecule has 0 radical (unpaired) electrons. The first-order valence-electron chi connectivity index (χ1n) is 6.84. The summed E-state index contributed by atoms with van der Waals surface area (Å²) in [6.07, 6.45) is 0. The third-order valence-electron chi connectivity index (χ3n) is 3.41. The molecule has 0 fully saturated rings. The molecule has 8 heteroatoms. The van der Waals surface area contributed by atoms with Crippen molar-refractivity contribution in [2.45, 2.75) is 31.6 Å². The first kappa shape index (κ1) is 17.7. The van der Waals surface area contributed by atoms with Crippen LogP contribution in [0, 0.1) is 18.3 Å². The zero-order valence-electron chi connectivity index (χ0n) is 13.2. The lowest BCUT2D eigenvalue weighted by molar-refractivity contribution is 0.595. The van der Waals surface area contributed by atoms with Gasteiger partial charge in [0.1, 0.15) is 11.0 Å². The van der Waals surface area contributed by atoms with E-state index in [9.17, 15) is 8.42 Å². The van der Waals surface area contributed by atoms with E-state index in [0.29, 0.717) is 4.80 Å². The molecule has 0 aliphatic heterocycles. The normalized spacial score (nSPS) is 12.7. The molecule has 0 aliphatic carbocycles. The van der Waals surface area contributed by atoms with Crippen LogP contribution in [-0.4, -0.2) is 13.0 Å². The van der Waals surface area contributed by atoms with E-state index in [2.05, 4.69) is 4.40 Å². The van der Waals surface area contributed by atoms with Gasteiger partial charge in [0.15, 0.2) is 0 Å². The summed E-state index contributed by atoms with van der Waals surface area (Å²) >= 11 is 7.20. The van der Waals surface area contributed by atoms with Gasteiger partial charge in [-0.05, 0) is 31.0 Å². The van der Waals surface area contributed by atoms with Crippen LogP contribution in [0.1, 0.15) is 35.9 Å². The van der Waals surface area contributed by atoms with Gasteiger partial charge in [-0.15, -0.1) is 15.7 Å². The van der Waals surface area contributed by atoms with Gasteiger partial charge < -0.3 is 4.57 Å². The highest BCUT2D eigenvalue weighted by atomic mass is 35.5. The van der Waals surface area contributed by atoms with Gasteiger partial charge in [-0.25, -0.2) is 0 Å². The SMILES string of the molecule is Cc1c(C(C)C)s/c(=N/S(=O)(=O)c2cc(Cl)ccc2C#N)n1C. The summed E-state index contributed by atoms with van der Waals surface area (Å²) in [4.78, 5) is 1.27. The zero-order chi connectivity index (χ0) is 17.4. The van der Waals surface area contributed by atoms with E-state index in [1.54, 1.807) is 11.6 Å². The Morgan fingerprint density at radius 3 is 2.57 bits per heavy atom. The molecule has 0 atom stereocenters. The molecule has 1 aromatic heterocycles. The average Bonchev–Trinajstić information content (AvgIpc) is 2.75. The number of halogens is 1. The molecule has 1 heterocycles. The van der Waals surface area contributed by atoms with E-state index in [-0.39, 0.29) is 21.4 Å². The second-order valence-corrected chi connectivity index (χ2v) is 8.38. The van der Waals surface area contributed by atoms with Crippen molar-refractivity contribution in [1.82, 2.24) is 4.57 Å². The predicted octanol–water partition coefficient (Wildman–Crippen LogP) is 3.33. The lowest BCUT2D eigenvalue weighted by Crippen LogP contribution is -2.15. The fourth-order valence-corrected chi connectivity index (χ4v) is 4.88. The van der Waals surface area contributed by atoms with E-state index in [1.165, 1.54) is 29.5 Å². The number of aromatic nitrogens is 1. The summed E-state index contributed by atoms with van der Waals surface area (Å²) in [6.45, 7) is 6.02. The molecule has 0 amide bonds. The molecule has 1 aromatic carbocycles. The number of benzene rings is 1. The van der Waals surface area contributed by atoms with E-state index in [1.807, 2.05) is 26.8 Å². The molecule has 0 saturated carbocycles. The Balaban J connectivity index is 2.71. The fraction of sp³-hybridized carbons (Fsp3) is 0.333. The fourth-order valence-electron chi connectivity index (χ4n) is 2.12. The van der Waals surface area contributed by atoms with Crippen LogP contribution in [0.15, 0.2) is 27.5 Å². The molecule has 2 rings (SSSR count). The number of thiazole rings is 1. The number of hydrogen-bond donors (Lipinski definition) is 0. The van der Waals surface area contributed by atoms with Gasteiger partial charge in [-0.1, -0.05) is 25.4 Å². The van der Waals surface area contributed by atoms with Gasteiger partial charge >= 0.3 is 0 Å². The van der Waals surface area contributed by atoms with Crippen molar-refractivity contribution >= 4 is 33.0 Å². The lowest BCUT2D eigenvalue weighted by Gasteiger charge is -2.03. The van der Waals surface area contributed by atoms with Crippen LogP contribution in [0.4, 0.5) is 0 Å². The van der Waals surface area contributed by atoms with Crippen molar-refractivity contribution in [3.05, 3.63) is 44.2 Å². The second-order valence-electron chi connectivity index (χ2n) is 5.37. The van der Waals surface area contributed by atoms with E-state index < -0.39 is 10.0 Å². The maximum atomic E-state index is 12.6. The summed E-state index contributed by atoms with van der Waals surface area (Å²) in [5, 5.41) is 9.36. The second kappa shape index (κ2) is 6.48. The number of nitriles is 1. The summed E-state index contributed by atoms with van der Waals surface area (Å²) in [6, 6.07) is 5.97. The number of rotatable bonds is 3. The predicted molar refractivity (Wildman–Crippen MR) is 91.0 cm³/mol. The van der Waals surface area contributed by atoms with Crippen molar-refractivity contribution in [2.75, 3.05) is 0 Å². The van der Waals surface area contributed by atoms with Gasteiger partial charge in [0.25, 0.3) is 10.0 Å². The van der Waals surface area contributed by atoms with Crippen LogP contribution in [0.25, 0.3) is 0 Å². The Bertz CT molecular complexity index is 964. The van der Waals surface area contributed by atoms with Crippen molar-refractivity contribution in [2.24, 2.45) is 11.4 Å². The highest BCUT2D eigenvalue weighted by Gasteiger charge is 2.20. The van der Waals surface area contributed by atoms with Crippen LogP contribution in [-0.2, 0) is 17.1 Å². The minimum absolute atomic E-state index is 0.0261. The molecule has 0 unspecified atom stereocenters. The van der Waals surface area contributed by atoms with Gasteiger partial charge in [-0.2, -0.15) is 13.7 Å². The topological polar surface area (TPSA) is 75.2 Å². The molecule has 122 valence electrons. The van der Waals surface area contributed by atoms with E-state index in [0.717, 1.165) is 10.6 Å². The minimum atomic E-state index is -4.02. The lowest BCUT2D eigenvalue weighted by atomic mass is 10.1. The highest BCUT2D eigenvalue weighted by molar-refractivity contribution is 7.90. The Morgan fingerprint density at radius 2 is 2.04 bits per heavy atom. The monoisotopic (exact) mass is 369 g/mol. The van der Waals surface area contributed by atoms with Crippen LogP contribution in [0.3, 0.4) is 0 Å². The van der Waals surface area contributed by atoms with Crippen molar-refractivity contribution in [1.29, 1.82) is 5.26 Å². The van der Waals surface area contributed by atoms with Crippen LogP contribution < -0.4 is 4.80 Å². The molecular weight excluding hydrogens is 354 g/mol. The summed E-state index contributed by atoms with van der Waals surface area (Å²) in [5.41, 5.74) is 1.00. The smallest absolute Gasteiger partial charge is 0.286 e. The average molecular weight is 370 g/mol. The van der Waals surface area contributed by atoms with Gasteiger partial charge in [0, 0.05) is 22.6 Å². The number of nitrogens with zero attached hydrogens (tertiary/aromatic N) is 3. The molecule has 5 nitrogen and oxygen atoms in total. The quantitative estimate of drug-likeness (QED) is 0.832. The molecule has 0 N–H and O–H groups in total. The molecular formula is C15H16ClN3O2S2. The third-order valence-corrected chi connectivity index (χ3v) is 6.60. The van der Waals surface area contributed by atoms with Crippen molar-refractivity contribution < 1.29 is 8.42 Å². The Kier molecular flexibility index (Phi) is 4.99. The van der Waals surface area contributed by atoms with E-state index >= 15 is 0 Å². The molecule has 2 aromatic rings. The van der Waals surface area contributed by atoms with Crippen LogP contribution in [0.2, 0.25) is 5.02 Å². The largest absolute Gasteiger partial charge is 0.323 e. The standard InChI is InChI=1S/C15H16ClN3O2S2/c1-9(2)14-10(3)19(4)15(22-14)18-23(20,21)13-7-12(16)6-5-11(13)8-17/h5-7,9H,1-4H3/b18-15+. The van der Waals surface area contributed by atoms with Crippen molar-refractivity contribution in [3.63, 3.8) is 0 Å². The zero-order valence-corrected chi connectivity index (χ0v) is 15.6. The molecule has 0 bridgehead atoms. The van der Waals surface area contributed by atoms with Gasteiger partial charge in [-0.3, -0.25) is 0 Å².